The minimum atomic E-state index is -0.497. The Kier molecular flexibility index (Phi) is 3.06. The fourth-order valence-corrected chi connectivity index (χ4v) is 1.69. The third-order valence-corrected chi connectivity index (χ3v) is 2.48. The molecule has 0 unspecified atom stereocenters. The molecule has 0 N–H and O–H groups in total. The molecule has 2 heteroatoms. The molecule has 0 aliphatic rings. The summed E-state index contributed by atoms with van der Waals surface area (Å²) in [6.45, 7) is 7.13. The van der Waals surface area contributed by atoms with E-state index in [4.69, 9.17) is 4.74 Å². The molecule has 0 bridgehead atoms. The van der Waals surface area contributed by atoms with Gasteiger partial charge in [0.05, 0.1) is 0 Å². The number of fused-ring (bicyclic) bond motifs is 1. The second-order valence-electron chi connectivity index (χ2n) is 3.58. The fourth-order valence-electron chi connectivity index (χ4n) is 1.69. The molecule has 2 rings (SSSR count). The average Bonchev–Trinajstić information content (AvgIpc) is 2.37. The molecule has 0 aliphatic heterocycles. The summed E-state index contributed by atoms with van der Waals surface area (Å²) in [6, 6.07) is 13.7. The molecule has 0 aliphatic carbocycles. The van der Waals surface area contributed by atoms with E-state index in [-0.39, 0.29) is 0 Å². The SMILES string of the molecule is C=CC(=O)OC(=C)c1cccc2ccccc12. The molecular formula is C15H12O2. The van der Waals surface area contributed by atoms with Crippen LogP contribution in [0.4, 0.5) is 0 Å². The summed E-state index contributed by atoms with van der Waals surface area (Å²) in [5.74, 6) is -0.158. The van der Waals surface area contributed by atoms with Crippen LogP contribution in [0.1, 0.15) is 5.56 Å². The van der Waals surface area contributed by atoms with Gasteiger partial charge in [-0.25, -0.2) is 4.79 Å². The van der Waals surface area contributed by atoms with E-state index in [2.05, 4.69) is 13.2 Å². The summed E-state index contributed by atoms with van der Waals surface area (Å²) in [4.78, 5) is 11.1. The van der Waals surface area contributed by atoms with Crippen molar-refractivity contribution in [3.05, 3.63) is 67.3 Å². The molecule has 0 saturated carbocycles. The van der Waals surface area contributed by atoms with Gasteiger partial charge in [-0.1, -0.05) is 55.6 Å². The smallest absolute Gasteiger partial charge is 0.335 e. The molecule has 17 heavy (non-hydrogen) atoms. The molecule has 0 radical (unpaired) electrons. The lowest BCUT2D eigenvalue weighted by Crippen LogP contribution is -1.99. The first-order valence-electron chi connectivity index (χ1n) is 5.23. The largest absolute Gasteiger partial charge is 0.423 e. The van der Waals surface area contributed by atoms with Crippen molar-refractivity contribution in [2.24, 2.45) is 0 Å². The number of esters is 1. The Hall–Kier alpha value is -2.35. The summed E-state index contributed by atoms with van der Waals surface area (Å²) in [6.07, 6.45) is 1.12. The quantitative estimate of drug-likeness (QED) is 0.453. The van der Waals surface area contributed by atoms with E-state index in [1.165, 1.54) is 0 Å². The van der Waals surface area contributed by atoms with E-state index in [9.17, 15) is 4.79 Å². The first kappa shape index (κ1) is 11.1. The standard InChI is InChI=1S/C15H12O2/c1-3-15(16)17-11(2)13-10-6-8-12-7-4-5-9-14(12)13/h3-10H,1-2H2. The van der Waals surface area contributed by atoms with Crippen molar-refractivity contribution in [3.8, 4) is 0 Å². The molecular weight excluding hydrogens is 212 g/mol. The van der Waals surface area contributed by atoms with Gasteiger partial charge >= 0.3 is 5.97 Å². The molecule has 2 nitrogen and oxygen atoms in total. The van der Waals surface area contributed by atoms with Crippen LogP contribution in [0, 0.1) is 0 Å². The van der Waals surface area contributed by atoms with Gasteiger partial charge in [-0.05, 0) is 10.8 Å². The Bertz CT molecular complexity index is 591. The maximum atomic E-state index is 11.1. The van der Waals surface area contributed by atoms with Crippen molar-refractivity contribution in [1.82, 2.24) is 0 Å². The third-order valence-electron chi connectivity index (χ3n) is 2.48. The molecule has 2 aromatic rings. The highest BCUT2D eigenvalue weighted by Gasteiger charge is 2.07. The zero-order valence-corrected chi connectivity index (χ0v) is 9.35. The summed E-state index contributed by atoms with van der Waals surface area (Å²) >= 11 is 0. The van der Waals surface area contributed by atoms with E-state index in [1.54, 1.807) is 0 Å². The Morgan fingerprint density at radius 1 is 1.12 bits per heavy atom. The zero-order valence-electron chi connectivity index (χ0n) is 9.35. The molecule has 2 aromatic carbocycles. The van der Waals surface area contributed by atoms with E-state index in [0.717, 1.165) is 22.4 Å². The van der Waals surface area contributed by atoms with Crippen molar-refractivity contribution in [2.45, 2.75) is 0 Å². The monoisotopic (exact) mass is 224 g/mol. The number of benzene rings is 2. The normalized spacial score (nSPS) is 9.88. The van der Waals surface area contributed by atoms with Crippen LogP contribution in [0.5, 0.6) is 0 Å². The van der Waals surface area contributed by atoms with Crippen LogP contribution in [0.3, 0.4) is 0 Å². The summed E-state index contributed by atoms with van der Waals surface area (Å²) in [5.41, 5.74) is 0.818. The van der Waals surface area contributed by atoms with Crippen LogP contribution in [0.25, 0.3) is 16.5 Å². The molecule has 0 atom stereocenters. The van der Waals surface area contributed by atoms with Gasteiger partial charge in [0.2, 0.25) is 0 Å². The maximum Gasteiger partial charge on any atom is 0.335 e. The van der Waals surface area contributed by atoms with Crippen LogP contribution in [0.2, 0.25) is 0 Å². The van der Waals surface area contributed by atoms with Crippen LogP contribution < -0.4 is 0 Å². The molecule has 0 fully saturated rings. The number of carbonyl (C=O) groups excluding carboxylic acids is 1. The predicted octanol–water partition coefficient (Wildman–Crippen LogP) is 3.54. The van der Waals surface area contributed by atoms with E-state index in [1.807, 2.05) is 42.5 Å². The Balaban J connectivity index is 2.45. The number of hydrogen-bond acceptors (Lipinski definition) is 2. The molecule has 0 saturated heterocycles. The Morgan fingerprint density at radius 2 is 1.82 bits per heavy atom. The highest BCUT2D eigenvalue weighted by atomic mass is 16.5. The first-order chi connectivity index (χ1) is 8.22. The van der Waals surface area contributed by atoms with Gasteiger partial charge in [0.1, 0.15) is 5.76 Å². The van der Waals surface area contributed by atoms with Crippen LogP contribution in [-0.2, 0) is 9.53 Å². The van der Waals surface area contributed by atoms with Crippen molar-refractivity contribution >= 4 is 22.5 Å². The lowest BCUT2D eigenvalue weighted by molar-refractivity contribution is -0.131. The van der Waals surface area contributed by atoms with Crippen LogP contribution >= 0.6 is 0 Å². The van der Waals surface area contributed by atoms with Gasteiger partial charge < -0.3 is 4.74 Å². The predicted molar refractivity (Wildman–Crippen MR) is 69.3 cm³/mol. The minimum Gasteiger partial charge on any atom is -0.423 e. The van der Waals surface area contributed by atoms with Gasteiger partial charge in [-0.3, -0.25) is 0 Å². The van der Waals surface area contributed by atoms with Gasteiger partial charge in [-0.2, -0.15) is 0 Å². The van der Waals surface area contributed by atoms with E-state index >= 15 is 0 Å². The van der Waals surface area contributed by atoms with Gasteiger partial charge in [0.15, 0.2) is 0 Å². The zero-order chi connectivity index (χ0) is 12.3. The highest BCUT2D eigenvalue weighted by Crippen LogP contribution is 2.24. The number of hydrogen-bond donors (Lipinski definition) is 0. The summed E-state index contributed by atoms with van der Waals surface area (Å²) < 4.78 is 5.04. The van der Waals surface area contributed by atoms with E-state index < -0.39 is 5.97 Å². The second kappa shape index (κ2) is 4.66. The van der Waals surface area contributed by atoms with Crippen LogP contribution in [-0.4, -0.2) is 5.97 Å². The minimum absolute atomic E-state index is 0.340. The maximum absolute atomic E-state index is 11.1. The first-order valence-corrected chi connectivity index (χ1v) is 5.23. The molecule has 84 valence electrons. The summed E-state index contributed by atoms with van der Waals surface area (Å²) in [7, 11) is 0. The lowest BCUT2D eigenvalue weighted by atomic mass is 10.0. The third kappa shape index (κ3) is 2.26. The molecule has 0 aromatic heterocycles. The number of carbonyl (C=O) groups is 1. The Morgan fingerprint density at radius 3 is 2.59 bits per heavy atom. The van der Waals surface area contributed by atoms with Crippen molar-refractivity contribution in [2.75, 3.05) is 0 Å². The van der Waals surface area contributed by atoms with Crippen LogP contribution in [0.15, 0.2) is 61.7 Å². The van der Waals surface area contributed by atoms with Crippen molar-refractivity contribution in [1.29, 1.82) is 0 Å². The molecule has 0 heterocycles. The fraction of sp³-hybridized carbons (Fsp3) is 0. The summed E-state index contributed by atoms with van der Waals surface area (Å²) in [5, 5.41) is 2.10. The second-order valence-corrected chi connectivity index (χ2v) is 3.58. The molecule has 0 spiro atoms. The molecule has 0 amide bonds. The topological polar surface area (TPSA) is 26.3 Å². The van der Waals surface area contributed by atoms with E-state index in [0.29, 0.717) is 5.76 Å². The Labute approximate surface area is 99.8 Å². The van der Waals surface area contributed by atoms with Gasteiger partial charge in [-0.15, -0.1) is 0 Å². The van der Waals surface area contributed by atoms with Crippen molar-refractivity contribution < 1.29 is 9.53 Å². The van der Waals surface area contributed by atoms with Gasteiger partial charge in [0, 0.05) is 11.6 Å². The lowest BCUT2D eigenvalue weighted by Gasteiger charge is -2.08. The van der Waals surface area contributed by atoms with Crippen molar-refractivity contribution in [3.63, 3.8) is 0 Å². The number of rotatable bonds is 3. The number of ether oxygens (including phenoxy) is 1. The van der Waals surface area contributed by atoms with Gasteiger partial charge in [0.25, 0.3) is 0 Å². The average molecular weight is 224 g/mol. The highest BCUT2D eigenvalue weighted by molar-refractivity contribution is 5.95.